The molecule has 1 aliphatic carbocycles. The van der Waals surface area contributed by atoms with Crippen molar-refractivity contribution in [1.29, 1.82) is 0 Å². The second-order valence-corrected chi connectivity index (χ2v) is 8.63. The summed E-state index contributed by atoms with van der Waals surface area (Å²) in [6.07, 6.45) is 9.10. The molecule has 8 nitrogen and oxygen atoms in total. The maximum Gasteiger partial charge on any atom is 0.324 e. The van der Waals surface area contributed by atoms with E-state index in [-0.39, 0.29) is 18.1 Å². The van der Waals surface area contributed by atoms with Gasteiger partial charge >= 0.3 is 12.1 Å². The molecule has 1 saturated carbocycles. The molecule has 2 aromatic rings. The van der Waals surface area contributed by atoms with Crippen molar-refractivity contribution in [2.45, 2.75) is 57.0 Å². The lowest BCUT2D eigenvalue weighted by Gasteiger charge is -2.34. The van der Waals surface area contributed by atoms with Crippen LogP contribution in [0.3, 0.4) is 0 Å². The van der Waals surface area contributed by atoms with Crippen LogP contribution in [0.15, 0.2) is 36.5 Å². The van der Waals surface area contributed by atoms with Gasteiger partial charge in [-0.3, -0.25) is 5.32 Å². The molecule has 4 rings (SSSR count). The van der Waals surface area contributed by atoms with E-state index >= 15 is 0 Å². The number of rotatable bonds is 4. The summed E-state index contributed by atoms with van der Waals surface area (Å²) in [6.45, 7) is 1.35. The van der Waals surface area contributed by atoms with Gasteiger partial charge in [-0.15, -0.1) is 0 Å². The number of carbonyl (C=O) groups excluding carboxylic acids is 2. The van der Waals surface area contributed by atoms with Crippen LogP contribution in [0.4, 0.5) is 21.1 Å². The molecule has 1 aromatic carbocycles. The Morgan fingerprint density at radius 2 is 1.71 bits per heavy atom. The quantitative estimate of drug-likeness (QED) is 0.628. The molecule has 2 aliphatic rings. The average molecular weight is 445 g/mol. The highest BCUT2D eigenvalue weighted by atomic mass is 35.5. The number of para-hydroxylation sites is 1. The largest absolute Gasteiger partial charge is 0.335 e. The second-order valence-electron chi connectivity index (χ2n) is 8.22. The number of aromatic nitrogens is 2. The number of nitrogens with one attached hydrogen (secondary N) is 3. The second kappa shape index (κ2) is 10.0. The van der Waals surface area contributed by atoms with Crippen LogP contribution in [0, 0.1) is 0 Å². The first kappa shape index (κ1) is 21.5. The standard InChI is InChI=1S/C22H29ClN6O2/c23-18-8-4-5-9-19(18)26-21(30)27-20-10-13-24-29(20)17-11-14-28(15-12-17)22(31)25-16-6-2-1-3-7-16/h4-5,8-10,13,16-17H,1-3,6-7,11-12,14-15H2,(H,25,31)(H2,26,27,30). The summed E-state index contributed by atoms with van der Waals surface area (Å²) < 4.78 is 1.84. The number of anilines is 2. The van der Waals surface area contributed by atoms with Gasteiger partial charge in [0.1, 0.15) is 5.82 Å². The molecule has 4 amide bonds. The predicted octanol–water partition coefficient (Wildman–Crippen LogP) is 4.86. The summed E-state index contributed by atoms with van der Waals surface area (Å²) in [5, 5.41) is 13.7. The Morgan fingerprint density at radius 1 is 0.968 bits per heavy atom. The highest BCUT2D eigenvalue weighted by Crippen LogP contribution is 2.26. The molecule has 166 valence electrons. The van der Waals surface area contributed by atoms with E-state index in [9.17, 15) is 9.59 Å². The van der Waals surface area contributed by atoms with Crippen molar-refractivity contribution in [1.82, 2.24) is 20.0 Å². The fraction of sp³-hybridized carbons (Fsp3) is 0.500. The number of halogens is 1. The van der Waals surface area contributed by atoms with Crippen molar-refractivity contribution >= 4 is 35.2 Å². The van der Waals surface area contributed by atoms with E-state index in [4.69, 9.17) is 11.6 Å². The van der Waals surface area contributed by atoms with Gasteiger partial charge in [0.15, 0.2) is 0 Å². The van der Waals surface area contributed by atoms with Crippen molar-refractivity contribution in [3.8, 4) is 0 Å². The molecule has 0 unspecified atom stereocenters. The van der Waals surface area contributed by atoms with E-state index in [0.29, 0.717) is 35.7 Å². The van der Waals surface area contributed by atoms with Crippen LogP contribution < -0.4 is 16.0 Å². The Bertz CT molecular complexity index is 903. The molecule has 0 radical (unpaired) electrons. The van der Waals surface area contributed by atoms with Gasteiger partial charge in [0.05, 0.1) is 22.9 Å². The summed E-state index contributed by atoms with van der Waals surface area (Å²) in [4.78, 5) is 26.9. The molecule has 31 heavy (non-hydrogen) atoms. The van der Waals surface area contributed by atoms with Crippen LogP contribution in [-0.4, -0.2) is 45.9 Å². The van der Waals surface area contributed by atoms with Crippen LogP contribution in [0.5, 0.6) is 0 Å². The Hall–Kier alpha value is -2.74. The third-order valence-electron chi connectivity index (χ3n) is 6.06. The third-order valence-corrected chi connectivity index (χ3v) is 6.39. The van der Waals surface area contributed by atoms with E-state index in [1.54, 1.807) is 24.4 Å². The Morgan fingerprint density at radius 3 is 2.45 bits per heavy atom. The average Bonchev–Trinajstić information content (AvgIpc) is 3.24. The molecule has 0 spiro atoms. The zero-order chi connectivity index (χ0) is 21.6. The number of nitrogens with zero attached hydrogens (tertiary/aromatic N) is 3. The number of benzene rings is 1. The molecule has 1 saturated heterocycles. The van der Waals surface area contributed by atoms with Crippen molar-refractivity contribution < 1.29 is 9.59 Å². The van der Waals surface area contributed by atoms with Crippen molar-refractivity contribution in [2.24, 2.45) is 0 Å². The Balaban J connectivity index is 1.29. The van der Waals surface area contributed by atoms with E-state index in [1.807, 2.05) is 21.7 Å². The normalized spacial score (nSPS) is 17.9. The number of hydrogen-bond acceptors (Lipinski definition) is 3. The molecule has 9 heteroatoms. The number of amides is 4. The Kier molecular flexibility index (Phi) is 6.96. The van der Waals surface area contributed by atoms with Crippen LogP contribution in [0.25, 0.3) is 0 Å². The first-order valence-electron chi connectivity index (χ1n) is 11.0. The van der Waals surface area contributed by atoms with E-state index in [1.165, 1.54) is 19.3 Å². The topological polar surface area (TPSA) is 91.3 Å². The van der Waals surface area contributed by atoms with E-state index < -0.39 is 0 Å². The molecule has 0 bridgehead atoms. The smallest absolute Gasteiger partial charge is 0.324 e. The molecule has 2 fully saturated rings. The SMILES string of the molecule is O=C(Nc1ccccc1Cl)Nc1ccnn1C1CCN(C(=O)NC2CCCCC2)CC1. The lowest BCUT2D eigenvalue weighted by molar-refractivity contribution is 0.163. The van der Waals surface area contributed by atoms with Gasteiger partial charge in [-0.2, -0.15) is 5.10 Å². The van der Waals surface area contributed by atoms with Crippen molar-refractivity contribution in [3.63, 3.8) is 0 Å². The number of hydrogen-bond donors (Lipinski definition) is 3. The minimum absolute atomic E-state index is 0.0447. The zero-order valence-corrected chi connectivity index (χ0v) is 18.3. The van der Waals surface area contributed by atoms with Gasteiger partial charge in [-0.05, 0) is 37.8 Å². The summed E-state index contributed by atoms with van der Waals surface area (Å²) in [7, 11) is 0. The number of likely N-dealkylation sites (tertiary alicyclic amines) is 1. The lowest BCUT2D eigenvalue weighted by atomic mass is 9.95. The van der Waals surface area contributed by atoms with Crippen LogP contribution >= 0.6 is 11.6 Å². The molecular weight excluding hydrogens is 416 g/mol. The van der Waals surface area contributed by atoms with Crippen molar-refractivity contribution in [3.05, 3.63) is 41.6 Å². The maximum absolute atomic E-state index is 12.6. The maximum atomic E-state index is 12.6. The summed E-state index contributed by atoms with van der Waals surface area (Å²) >= 11 is 6.11. The van der Waals surface area contributed by atoms with Crippen LogP contribution in [0.2, 0.25) is 5.02 Å². The number of urea groups is 2. The van der Waals surface area contributed by atoms with Gasteiger partial charge in [0.2, 0.25) is 0 Å². The van der Waals surface area contributed by atoms with E-state index in [0.717, 1.165) is 25.7 Å². The van der Waals surface area contributed by atoms with Crippen LogP contribution in [-0.2, 0) is 0 Å². The van der Waals surface area contributed by atoms with Crippen LogP contribution in [0.1, 0.15) is 51.0 Å². The van der Waals surface area contributed by atoms with E-state index in [2.05, 4.69) is 21.0 Å². The molecule has 0 atom stereocenters. The predicted molar refractivity (Wildman–Crippen MR) is 122 cm³/mol. The van der Waals surface area contributed by atoms with Gasteiger partial charge in [-0.25, -0.2) is 14.3 Å². The summed E-state index contributed by atoms with van der Waals surface area (Å²) in [5.74, 6) is 0.620. The highest BCUT2D eigenvalue weighted by Gasteiger charge is 2.27. The lowest BCUT2D eigenvalue weighted by Crippen LogP contribution is -2.48. The molecular formula is C22H29ClN6O2. The monoisotopic (exact) mass is 444 g/mol. The molecule has 2 heterocycles. The number of carbonyl (C=O) groups is 2. The highest BCUT2D eigenvalue weighted by molar-refractivity contribution is 6.33. The zero-order valence-electron chi connectivity index (χ0n) is 17.5. The van der Waals surface area contributed by atoms with Gasteiger partial charge in [0, 0.05) is 25.2 Å². The fourth-order valence-electron chi connectivity index (χ4n) is 4.36. The fourth-order valence-corrected chi connectivity index (χ4v) is 4.55. The van der Waals surface area contributed by atoms with Gasteiger partial charge in [0.25, 0.3) is 0 Å². The molecule has 1 aromatic heterocycles. The summed E-state index contributed by atoms with van der Waals surface area (Å²) in [5.41, 5.74) is 0.546. The minimum atomic E-state index is -0.376. The molecule has 1 aliphatic heterocycles. The molecule has 3 N–H and O–H groups in total. The minimum Gasteiger partial charge on any atom is -0.335 e. The van der Waals surface area contributed by atoms with Gasteiger partial charge < -0.3 is 15.5 Å². The van der Waals surface area contributed by atoms with Crippen molar-refractivity contribution in [2.75, 3.05) is 23.7 Å². The summed E-state index contributed by atoms with van der Waals surface area (Å²) in [6, 6.07) is 8.97. The van der Waals surface area contributed by atoms with Gasteiger partial charge in [-0.1, -0.05) is 43.0 Å². The third kappa shape index (κ3) is 5.50. The Labute approximate surface area is 187 Å². The first-order chi connectivity index (χ1) is 15.1. The first-order valence-corrected chi connectivity index (χ1v) is 11.4. The number of piperidine rings is 1.